The molecule has 2 N–H and O–H groups in total. The second-order valence-corrected chi connectivity index (χ2v) is 12.9. The topological polar surface area (TPSA) is 99.7 Å². The third-order valence-electron chi connectivity index (χ3n) is 7.89. The van der Waals surface area contributed by atoms with Crippen LogP contribution in [0.2, 0.25) is 0 Å². The third kappa shape index (κ3) is 8.28. The molecule has 9 heteroatoms. The van der Waals surface area contributed by atoms with Gasteiger partial charge in [0.15, 0.2) is 0 Å². The second-order valence-electron chi connectivity index (χ2n) is 12.9. The number of piperidine rings is 1. The number of nitrogens with zero attached hydrogens (tertiary/aromatic N) is 4. The SMILES string of the molecule is C.COCCCNc1nc(C(C)(C)C)ncc1C(=O)N(CC(C)C)[C@@H]1CNC[C@H](C(=O)N2CCc3ccccc3C2)C1. The number of rotatable bonds is 10. The van der Waals surface area contributed by atoms with Crippen molar-refractivity contribution in [3.8, 4) is 0 Å². The van der Waals surface area contributed by atoms with Crippen LogP contribution in [0.5, 0.6) is 0 Å². The molecule has 0 saturated carbocycles. The molecule has 1 fully saturated rings. The van der Waals surface area contributed by atoms with E-state index < -0.39 is 0 Å². The summed E-state index contributed by atoms with van der Waals surface area (Å²) in [7, 11) is 1.68. The van der Waals surface area contributed by atoms with Crippen molar-refractivity contribution < 1.29 is 14.3 Å². The molecule has 232 valence electrons. The summed E-state index contributed by atoms with van der Waals surface area (Å²) in [5.74, 6) is 1.41. The molecule has 0 aliphatic carbocycles. The van der Waals surface area contributed by atoms with E-state index in [9.17, 15) is 9.59 Å². The molecular weight excluding hydrogens is 528 g/mol. The van der Waals surface area contributed by atoms with E-state index in [4.69, 9.17) is 9.72 Å². The molecule has 2 amide bonds. The van der Waals surface area contributed by atoms with Crippen molar-refractivity contribution in [2.75, 3.05) is 51.8 Å². The zero-order chi connectivity index (χ0) is 29.6. The first-order chi connectivity index (χ1) is 19.6. The highest BCUT2D eigenvalue weighted by molar-refractivity contribution is 5.98. The average molecular weight is 581 g/mol. The number of carbonyl (C=O) groups is 2. The van der Waals surface area contributed by atoms with Crippen LogP contribution < -0.4 is 10.6 Å². The molecule has 3 heterocycles. The zero-order valence-corrected chi connectivity index (χ0v) is 25.7. The number of carbonyl (C=O) groups excluding carboxylic acids is 2. The summed E-state index contributed by atoms with van der Waals surface area (Å²) in [5, 5.41) is 6.85. The van der Waals surface area contributed by atoms with Gasteiger partial charge in [0.05, 0.1) is 5.92 Å². The highest BCUT2D eigenvalue weighted by atomic mass is 16.5. The Morgan fingerprint density at radius 3 is 2.62 bits per heavy atom. The molecule has 0 radical (unpaired) electrons. The van der Waals surface area contributed by atoms with E-state index in [0.29, 0.717) is 63.0 Å². The molecule has 42 heavy (non-hydrogen) atoms. The normalized spacial score (nSPS) is 18.7. The van der Waals surface area contributed by atoms with Crippen molar-refractivity contribution in [2.24, 2.45) is 11.8 Å². The number of ether oxygens (including phenoxy) is 1. The number of amides is 2. The highest BCUT2D eigenvalue weighted by Crippen LogP contribution is 2.27. The fraction of sp³-hybridized carbons (Fsp3) is 0.636. The standard InChI is InChI=1S/C32H48N6O3.CH4/c1-22(2)20-38(30(40)27-19-35-31(32(3,4)5)36-28(27)34-13-9-15-41-6)26-16-25(17-33-18-26)29(39)37-14-12-23-10-7-8-11-24(23)21-37;/h7-8,10-11,19,22,25-26,33H,9,12-18,20-21H2,1-6H3,(H,34,35,36);1H4/t25-,26+;/m1./s1. The van der Waals surface area contributed by atoms with E-state index in [1.807, 2.05) is 15.9 Å². The van der Waals surface area contributed by atoms with E-state index in [-0.39, 0.29) is 42.5 Å². The van der Waals surface area contributed by atoms with Crippen molar-refractivity contribution >= 4 is 17.6 Å². The maximum absolute atomic E-state index is 14.2. The molecule has 2 aromatic rings. The van der Waals surface area contributed by atoms with Crippen LogP contribution in [0.3, 0.4) is 0 Å². The molecule has 4 rings (SSSR count). The van der Waals surface area contributed by atoms with Gasteiger partial charge in [-0.15, -0.1) is 0 Å². The lowest BCUT2D eigenvalue weighted by atomic mass is 9.91. The fourth-order valence-electron chi connectivity index (χ4n) is 5.69. The monoisotopic (exact) mass is 580 g/mol. The number of fused-ring (bicyclic) bond motifs is 1. The first-order valence-electron chi connectivity index (χ1n) is 15.1. The Morgan fingerprint density at radius 2 is 1.93 bits per heavy atom. The van der Waals surface area contributed by atoms with Crippen molar-refractivity contribution in [1.29, 1.82) is 0 Å². The predicted molar refractivity (Wildman–Crippen MR) is 169 cm³/mol. The van der Waals surface area contributed by atoms with Crippen LogP contribution >= 0.6 is 0 Å². The minimum absolute atomic E-state index is 0. The maximum Gasteiger partial charge on any atom is 0.259 e. The molecule has 9 nitrogen and oxygen atoms in total. The Balaban J connectivity index is 0.00000484. The summed E-state index contributed by atoms with van der Waals surface area (Å²) in [6.45, 7) is 15.0. The summed E-state index contributed by atoms with van der Waals surface area (Å²) in [4.78, 5) is 41.3. The molecule has 1 saturated heterocycles. The fourth-order valence-corrected chi connectivity index (χ4v) is 5.69. The molecule has 0 bridgehead atoms. The molecule has 2 atom stereocenters. The molecule has 2 aliphatic heterocycles. The van der Waals surface area contributed by atoms with Gasteiger partial charge in [0, 0.05) is 70.6 Å². The van der Waals surface area contributed by atoms with Crippen molar-refractivity contribution in [3.63, 3.8) is 0 Å². The van der Waals surface area contributed by atoms with E-state index >= 15 is 0 Å². The van der Waals surface area contributed by atoms with Gasteiger partial charge < -0.3 is 25.2 Å². The Kier molecular flexibility index (Phi) is 11.9. The summed E-state index contributed by atoms with van der Waals surface area (Å²) in [5.41, 5.74) is 2.78. The Hall–Kier alpha value is -3.04. The quantitative estimate of drug-likeness (QED) is 0.399. The maximum atomic E-state index is 14.2. The average Bonchev–Trinajstić information content (AvgIpc) is 2.96. The lowest BCUT2D eigenvalue weighted by Gasteiger charge is -2.40. The Bertz CT molecular complexity index is 1190. The van der Waals surface area contributed by atoms with Crippen LogP contribution in [0.25, 0.3) is 0 Å². The van der Waals surface area contributed by atoms with E-state index in [1.165, 1.54) is 11.1 Å². The van der Waals surface area contributed by atoms with Gasteiger partial charge in [-0.25, -0.2) is 9.97 Å². The molecule has 0 spiro atoms. The van der Waals surface area contributed by atoms with Gasteiger partial charge >= 0.3 is 0 Å². The number of benzene rings is 1. The summed E-state index contributed by atoms with van der Waals surface area (Å²) >= 11 is 0. The molecule has 1 aromatic heterocycles. The minimum Gasteiger partial charge on any atom is -0.385 e. The number of anilines is 1. The van der Waals surface area contributed by atoms with Crippen LogP contribution in [0.4, 0.5) is 5.82 Å². The van der Waals surface area contributed by atoms with Gasteiger partial charge in [-0.2, -0.15) is 0 Å². The Labute approximate surface area is 252 Å². The first kappa shape index (κ1) is 33.5. The van der Waals surface area contributed by atoms with E-state index in [2.05, 4.69) is 68.4 Å². The van der Waals surface area contributed by atoms with Crippen LogP contribution in [0.1, 0.15) is 82.2 Å². The van der Waals surface area contributed by atoms with Gasteiger partial charge in [0.2, 0.25) is 5.91 Å². The largest absolute Gasteiger partial charge is 0.385 e. The van der Waals surface area contributed by atoms with Crippen LogP contribution in [0, 0.1) is 11.8 Å². The van der Waals surface area contributed by atoms with Crippen LogP contribution in [-0.2, 0) is 27.9 Å². The van der Waals surface area contributed by atoms with Gasteiger partial charge in [0.1, 0.15) is 17.2 Å². The van der Waals surface area contributed by atoms with Crippen LogP contribution in [-0.4, -0.2) is 84.1 Å². The van der Waals surface area contributed by atoms with Crippen LogP contribution in [0.15, 0.2) is 30.5 Å². The lowest BCUT2D eigenvalue weighted by molar-refractivity contribution is -0.137. The summed E-state index contributed by atoms with van der Waals surface area (Å²) in [6, 6.07) is 8.28. The number of hydrogen-bond acceptors (Lipinski definition) is 7. The van der Waals surface area contributed by atoms with Crippen molar-refractivity contribution in [2.45, 2.75) is 79.3 Å². The Morgan fingerprint density at radius 1 is 1.19 bits per heavy atom. The summed E-state index contributed by atoms with van der Waals surface area (Å²) < 4.78 is 5.20. The van der Waals surface area contributed by atoms with Crippen molar-refractivity contribution in [1.82, 2.24) is 25.1 Å². The molecule has 2 aliphatic rings. The van der Waals surface area contributed by atoms with Gasteiger partial charge in [-0.1, -0.05) is 66.3 Å². The third-order valence-corrected chi connectivity index (χ3v) is 7.89. The van der Waals surface area contributed by atoms with E-state index in [0.717, 1.165) is 19.4 Å². The number of hydrogen-bond donors (Lipinski definition) is 2. The number of aromatic nitrogens is 2. The number of nitrogens with one attached hydrogen (secondary N) is 2. The molecular formula is C33H52N6O3. The van der Waals surface area contributed by atoms with Gasteiger partial charge in [0.25, 0.3) is 5.91 Å². The minimum atomic E-state index is -0.252. The van der Waals surface area contributed by atoms with Gasteiger partial charge in [-0.3, -0.25) is 9.59 Å². The first-order valence-corrected chi connectivity index (χ1v) is 15.1. The second kappa shape index (κ2) is 14.9. The smallest absolute Gasteiger partial charge is 0.259 e. The van der Waals surface area contributed by atoms with E-state index in [1.54, 1.807) is 13.3 Å². The zero-order valence-electron chi connectivity index (χ0n) is 25.7. The molecule has 1 aromatic carbocycles. The summed E-state index contributed by atoms with van der Waals surface area (Å²) in [6.07, 6.45) is 3.99. The predicted octanol–water partition coefficient (Wildman–Crippen LogP) is 4.52. The highest BCUT2D eigenvalue weighted by Gasteiger charge is 2.37. The lowest BCUT2D eigenvalue weighted by Crippen LogP contribution is -2.55. The van der Waals surface area contributed by atoms with Crippen molar-refractivity contribution in [3.05, 3.63) is 53.0 Å². The number of methoxy groups -OCH3 is 1. The van der Waals surface area contributed by atoms with Gasteiger partial charge in [-0.05, 0) is 36.3 Å². The molecule has 0 unspecified atom stereocenters.